The van der Waals surface area contributed by atoms with E-state index in [9.17, 15) is 35.2 Å². The van der Waals surface area contributed by atoms with E-state index in [1.807, 2.05) is 0 Å². The molecule has 1 fully saturated rings. The monoisotopic (exact) mass is 715 g/mol. The van der Waals surface area contributed by atoms with Crippen LogP contribution in [0.15, 0.2) is 90.0 Å². The molecule has 262 valence electrons. The van der Waals surface area contributed by atoms with Crippen molar-refractivity contribution in [2.24, 2.45) is 7.05 Å². The van der Waals surface area contributed by atoms with Gasteiger partial charge in [0.2, 0.25) is 5.88 Å². The predicted octanol–water partition coefficient (Wildman–Crippen LogP) is 6.34. The highest BCUT2D eigenvalue weighted by Gasteiger charge is 2.29. The first-order valence-corrected chi connectivity index (χ1v) is 16.7. The summed E-state index contributed by atoms with van der Waals surface area (Å²) in [6, 6.07) is 18.4. The minimum absolute atomic E-state index is 0.00922. The Morgan fingerprint density at radius 1 is 0.900 bits per heavy atom. The number of benzene rings is 3. The zero-order chi connectivity index (χ0) is 35.6. The Kier molecular flexibility index (Phi) is 9.67. The quantitative estimate of drug-likeness (QED) is 0.168. The van der Waals surface area contributed by atoms with Crippen LogP contribution in [0.1, 0.15) is 16.1 Å². The third-order valence-corrected chi connectivity index (χ3v) is 9.42. The number of sulfonamides is 1. The van der Waals surface area contributed by atoms with E-state index in [-0.39, 0.29) is 23.2 Å². The number of carbonyl (C=O) groups is 1. The molecule has 1 amide bonds. The summed E-state index contributed by atoms with van der Waals surface area (Å²) in [6.07, 6.45) is -3.23. The Balaban J connectivity index is 1.05. The molecule has 0 radical (unpaired) electrons. The third kappa shape index (κ3) is 8.14. The van der Waals surface area contributed by atoms with Gasteiger partial charge in [-0.25, -0.2) is 22.2 Å². The molecular formula is C34H30F5N5O5S. The molecule has 50 heavy (non-hydrogen) atoms. The number of carbonyl (C=O) groups excluding carboxylic acids is 1. The predicted molar refractivity (Wildman–Crippen MR) is 174 cm³/mol. The van der Waals surface area contributed by atoms with Crippen LogP contribution in [-0.2, 0) is 23.6 Å². The molecule has 5 aromatic rings. The molecule has 1 saturated heterocycles. The molecule has 16 heteroatoms. The summed E-state index contributed by atoms with van der Waals surface area (Å²) in [4.78, 5) is 20.7. The maximum Gasteiger partial charge on any atom is 0.422 e. The van der Waals surface area contributed by atoms with Gasteiger partial charge < -0.3 is 18.9 Å². The molecule has 2 aromatic heterocycles. The number of anilines is 1. The van der Waals surface area contributed by atoms with Gasteiger partial charge in [0, 0.05) is 57.3 Å². The highest BCUT2D eigenvalue weighted by Crippen LogP contribution is 2.29. The van der Waals surface area contributed by atoms with Gasteiger partial charge in [-0.1, -0.05) is 12.1 Å². The average molecular weight is 716 g/mol. The molecule has 0 spiro atoms. The largest absolute Gasteiger partial charge is 0.484 e. The summed E-state index contributed by atoms with van der Waals surface area (Å²) in [5, 5.41) is 0.812. The molecule has 1 N–H and O–H groups in total. The molecule has 10 nitrogen and oxygen atoms in total. The average Bonchev–Trinajstić information content (AvgIpc) is 3.41. The van der Waals surface area contributed by atoms with Crippen LogP contribution in [0, 0.1) is 11.6 Å². The smallest absolute Gasteiger partial charge is 0.422 e. The molecule has 0 aliphatic carbocycles. The lowest BCUT2D eigenvalue weighted by molar-refractivity contribution is -0.153. The van der Waals surface area contributed by atoms with Crippen LogP contribution in [0.2, 0.25) is 0 Å². The van der Waals surface area contributed by atoms with E-state index in [0.29, 0.717) is 50.2 Å². The summed E-state index contributed by atoms with van der Waals surface area (Å²) in [7, 11) is -2.64. The van der Waals surface area contributed by atoms with Gasteiger partial charge in [0.05, 0.1) is 17.4 Å². The highest BCUT2D eigenvalue weighted by atomic mass is 32.2. The van der Waals surface area contributed by atoms with Crippen LogP contribution in [0.5, 0.6) is 17.4 Å². The minimum atomic E-state index is -4.42. The van der Waals surface area contributed by atoms with Crippen molar-refractivity contribution in [1.29, 1.82) is 0 Å². The number of nitrogens with one attached hydrogen (secondary N) is 1. The maximum atomic E-state index is 14.0. The van der Waals surface area contributed by atoms with Gasteiger partial charge in [-0.05, 0) is 60.2 Å². The van der Waals surface area contributed by atoms with Crippen molar-refractivity contribution in [3.63, 3.8) is 0 Å². The van der Waals surface area contributed by atoms with E-state index in [2.05, 4.69) is 14.6 Å². The van der Waals surface area contributed by atoms with Gasteiger partial charge in [-0.15, -0.1) is 0 Å². The molecule has 0 atom stereocenters. The van der Waals surface area contributed by atoms with Crippen LogP contribution < -0.4 is 14.2 Å². The minimum Gasteiger partial charge on any atom is -0.484 e. The first kappa shape index (κ1) is 34.6. The summed E-state index contributed by atoms with van der Waals surface area (Å²) in [6.45, 7) is 1.47. The second kappa shape index (κ2) is 14.0. The molecule has 0 saturated carbocycles. The van der Waals surface area contributed by atoms with Gasteiger partial charge in [-0.2, -0.15) is 13.2 Å². The Hall–Kier alpha value is -5.22. The lowest BCUT2D eigenvalue weighted by Crippen LogP contribution is -2.48. The van der Waals surface area contributed by atoms with Gasteiger partial charge in [0.1, 0.15) is 33.7 Å². The Bertz CT molecular complexity index is 2120. The molecular weight excluding hydrogens is 685 g/mol. The number of alkyl halides is 3. The van der Waals surface area contributed by atoms with E-state index in [1.54, 1.807) is 52.9 Å². The SMILES string of the molecule is Cn1c(C(=O)N2CCN(Cc3ccc(OCC(F)(F)F)cc3)CC2)cc2ccc(Oc3ccc(NS(=O)(=O)c4cc(F)ccc4F)cn3)cc21. The molecule has 3 heterocycles. The zero-order valence-corrected chi connectivity index (χ0v) is 27.3. The van der Waals surface area contributed by atoms with E-state index < -0.39 is 39.3 Å². The number of aryl methyl sites for hydroxylation is 1. The molecule has 3 aromatic carbocycles. The van der Waals surface area contributed by atoms with Crippen molar-refractivity contribution in [3.05, 3.63) is 108 Å². The fourth-order valence-corrected chi connectivity index (χ4v) is 6.61. The van der Waals surface area contributed by atoms with E-state index in [0.717, 1.165) is 28.6 Å². The number of amides is 1. The fourth-order valence-electron chi connectivity index (χ4n) is 5.48. The lowest BCUT2D eigenvalue weighted by Gasteiger charge is -2.34. The number of aromatic nitrogens is 2. The topological polar surface area (TPSA) is 106 Å². The van der Waals surface area contributed by atoms with E-state index in [1.165, 1.54) is 30.5 Å². The summed E-state index contributed by atoms with van der Waals surface area (Å²) in [5.41, 5.74) is 2.15. The van der Waals surface area contributed by atoms with Gasteiger partial charge in [-0.3, -0.25) is 14.4 Å². The normalized spacial score (nSPS) is 14.2. The van der Waals surface area contributed by atoms with Crippen LogP contribution in [0.4, 0.5) is 27.6 Å². The number of ether oxygens (including phenoxy) is 2. The fraction of sp³-hybridized carbons (Fsp3) is 0.235. The van der Waals surface area contributed by atoms with Crippen LogP contribution >= 0.6 is 0 Å². The van der Waals surface area contributed by atoms with Crippen molar-refractivity contribution in [2.75, 3.05) is 37.5 Å². The number of fused-ring (bicyclic) bond motifs is 1. The summed E-state index contributed by atoms with van der Waals surface area (Å²) < 4.78 is 104. The third-order valence-electron chi connectivity index (χ3n) is 8.02. The molecule has 0 unspecified atom stereocenters. The van der Waals surface area contributed by atoms with E-state index in [4.69, 9.17) is 9.47 Å². The maximum absolute atomic E-state index is 14.0. The number of hydrogen-bond donors (Lipinski definition) is 1. The first-order valence-electron chi connectivity index (χ1n) is 15.3. The van der Waals surface area contributed by atoms with Gasteiger partial charge in [0.15, 0.2) is 6.61 Å². The first-order chi connectivity index (χ1) is 23.7. The number of halogens is 5. The molecule has 1 aliphatic heterocycles. The molecule has 0 bridgehead atoms. The van der Waals surface area contributed by atoms with Crippen molar-refractivity contribution < 1.29 is 44.6 Å². The number of rotatable bonds is 10. The van der Waals surface area contributed by atoms with Crippen molar-refractivity contribution in [2.45, 2.75) is 17.6 Å². The number of pyridine rings is 1. The second-order valence-corrected chi connectivity index (χ2v) is 13.2. The van der Waals surface area contributed by atoms with E-state index >= 15 is 0 Å². The standard InChI is InChI=1S/C34H30F5N5O5S/c1-42-29-18-27(49-32-11-6-25(19-40-32)41-50(46,47)31-17-24(35)5-10-28(31)36)9-4-23(29)16-30(42)33(45)44-14-12-43(13-15-44)20-22-2-7-26(8-3-22)48-21-34(37,38)39/h2-11,16-19,41H,12-15,20-21H2,1H3. The Labute approximate surface area is 283 Å². The number of nitrogens with zero attached hydrogens (tertiary/aromatic N) is 4. The van der Waals surface area contributed by atoms with Crippen LogP contribution in [0.25, 0.3) is 10.9 Å². The summed E-state index contributed by atoms with van der Waals surface area (Å²) in [5.74, 6) is -1.44. The zero-order valence-electron chi connectivity index (χ0n) is 26.5. The second-order valence-electron chi connectivity index (χ2n) is 11.6. The highest BCUT2D eigenvalue weighted by molar-refractivity contribution is 7.92. The van der Waals surface area contributed by atoms with Crippen molar-refractivity contribution >= 4 is 32.5 Å². The van der Waals surface area contributed by atoms with Gasteiger partial charge in [0.25, 0.3) is 15.9 Å². The van der Waals surface area contributed by atoms with Crippen LogP contribution in [0.3, 0.4) is 0 Å². The lowest BCUT2D eigenvalue weighted by atomic mass is 10.2. The number of hydrogen-bond acceptors (Lipinski definition) is 7. The molecule has 1 aliphatic rings. The Morgan fingerprint density at radius 2 is 1.62 bits per heavy atom. The summed E-state index contributed by atoms with van der Waals surface area (Å²) >= 11 is 0. The number of piperazine rings is 1. The van der Waals surface area contributed by atoms with Crippen molar-refractivity contribution in [1.82, 2.24) is 19.4 Å². The Morgan fingerprint density at radius 3 is 2.30 bits per heavy atom. The molecule has 6 rings (SSSR count). The van der Waals surface area contributed by atoms with Gasteiger partial charge >= 0.3 is 6.18 Å². The van der Waals surface area contributed by atoms with Crippen LogP contribution in [-0.4, -0.2) is 72.6 Å². The van der Waals surface area contributed by atoms with Crippen molar-refractivity contribution in [3.8, 4) is 17.4 Å².